The highest BCUT2D eigenvalue weighted by atomic mass is 35.5. The van der Waals surface area contributed by atoms with Gasteiger partial charge in [-0.3, -0.25) is 0 Å². The SMILES string of the molecule is O=[N+]([O-])c1nn(CCCCCO)cc1Cl. The molecule has 6 nitrogen and oxygen atoms in total. The number of hydrogen-bond acceptors (Lipinski definition) is 4. The predicted molar refractivity (Wildman–Crippen MR) is 54.8 cm³/mol. The smallest absolute Gasteiger partial charge is 0.396 e. The molecular formula is C8H12ClN3O3. The van der Waals surface area contributed by atoms with E-state index in [1.165, 1.54) is 10.9 Å². The zero-order valence-corrected chi connectivity index (χ0v) is 8.85. The Morgan fingerprint density at radius 3 is 2.80 bits per heavy atom. The second kappa shape index (κ2) is 5.67. The van der Waals surface area contributed by atoms with Gasteiger partial charge in [0.25, 0.3) is 0 Å². The molecule has 0 unspecified atom stereocenters. The summed E-state index contributed by atoms with van der Waals surface area (Å²) in [6.45, 7) is 0.744. The van der Waals surface area contributed by atoms with Crippen LogP contribution in [-0.2, 0) is 6.54 Å². The van der Waals surface area contributed by atoms with Gasteiger partial charge in [-0.05, 0) is 24.2 Å². The van der Waals surface area contributed by atoms with Crippen LogP contribution in [-0.4, -0.2) is 26.4 Å². The molecule has 1 aromatic heterocycles. The van der Waals surface area contributed by atoms with E-state index in [-0.39, 0.29) is 17.4 Å². The third kappa shape index (κ3) is 3.49. The molecule has 15 heavy (non-hydrogen) atoms. The molecule has 0 saturated heterocycles. The fourth-order valence-electron chi connectivity index (χ4n) is 1.19. The Balaban J connectivity index is 2.48. The minimum absolute atomic E-state index is 0.0576. The van der Waals surface area contributed by atoms with Crippen molar-refractivity contribution >= 4 is 17.4 Å². The van der Waals surface area contributed by atoms with Crippen molar-refractivity contribution in [3.8, 4) is 0 Å². The normalized spacial score (nSPS) is 10.5. The summed E-state index contributed by atoms with van der Waals surface area (Å²) >= 11 is 5.62. The lowest BCUT2D eigenvalue weighted by Gasteiger charge is -1.95. The van der Waals surface area contributed by atoms with E-state index in [1.54, 1.807) is 0 Å². The van der Waals surface area contributed by atoms with Gasteiger partial charge in [0, 0.05) is 6.61 Å². The first-order valence-electron chi connectivity index (χ1n) is 4.63. The van der Waals surface area contributed by atoms with Crippen LogP contribution in [0.4, 0.5) is 5.82 Å². The minimum Gasteiger partial charge on any atom is -0.396 e. The van der Waals surface area contributed by atoms with E-state index < -0.39 is 4.92 Å². The zero-order valence-electron chi connectivity index (χ0n) is 8.10. The Morgan fingerprint density at radius 1 is 1.53 bits per heavy atom. The summed E-state index contributed by atoms with van der Waals surface area (Å²) in [5.74, 6) is -0.307. The summed E-state index contributed by atoms with van der Waals surface area (Å²) in [6.07, 6.45) is 3.85. The van der Waals surface area contributed by atoms with E-state index in [1.807, 2.05) is 0 Å². The molecule has 7 heteroatoms. The van der Waals surface area contributed by atoms with Crippen LogP contribution in [0.1, 0.15) is 19.3 Å². The maximum Gasteiger partial charge on any atom is 0.408 e. The van der Waals surface area contributed by atoms with E-state index >= 15 is 0 Å². The van der Waals surface area contributed by atoms with E-state index in [2.05, 4.69) is 5.10 Å². The Hall–Kier alpha value is -1.14. The zero-order chi connectivity index (χ0) is 11.3. The van der Waals surface area contributed by atoms with Crippen LogP contribution >= 0.6 is 11.6 Å². The van der Waals surface area contributed by atoms with E-state index in [0.29, 0.717) is 6.54 Å². The number of aliphatic hydroxyl groups is 1. The number of aromatic nitrogens is 2. The first kappa shape index (κ1) is 11.9. The maximum atomic E-state index is 10.4. The first-order chi connectivity index (χ1) is 7.15. The Labute approximate surface area is 91.6 Å². The number of aliphatic hydroxyl groups excluding tert-OH is 1. The van der Waals surface area contributed by atoms with E-state index in [9.17, 15) is 10.1 Å². The largest absolute Gasteiger partial charge is 0.408 e. The molecule has 0 fully saturated rings. The molecule has 0 aliphatic carbocycles. The van der Waals surface area contributed by atoms with Crippen LogP contribution in [0.2, 0.25) is 5.02 Å². The summed E-state index contributed by atoms with van der Waals surface area (Å²) in [5.41, 5.74) is 0. The molecule has 0 amide bonds. The summed E-state index contributed by atoms with van der Waals surface area (Å²) in [6, 6.07) is 0. The van der Waals surface area contributed by atoms with Crippen molar-refractivity contribution in [1.29, 1.82) is 0 Å². The quantitative estimate of drug-likeness (QED) is 0.460. The molecular weight excluding hydrogens is 222 g/mol. The van der Waals surface area contributed by atoms with Gasteiger partial charge in [-0.2, -0.15) is 4.68 Å². The molecule has 0 aliphatic heterocycles. The fraction of sp³-hybridized carbons (Fsp3) is 0.625. The van der Waals surface area contributed by atoms with Gasteiger partial charge < -0.3 is 15.2 Å². The van der Waals surface area contributed by atoms with Crippen LogP contribution in [0.3, 0.4) is 0 Å². The molecule has 1 N–H and O–H groups in total. The van der Waals surface area contributed by atoms with Gasteiger partial charge in [0.15, 0.2) is 5.02 Å². The Morgan fingerprint density at radius 2 is 2.27 bits per heavy atom. The lowest BCUT2D eigenvalue weighted by molar-refractivity contribution is -0.389. The maximum absolute atomic E-state index is 10.4. The van der Waals surface area contributed by atoms with Crippen LogP contribution in [0.25, 0.3) is 0 Å². The van der Waals surface area contributed by atoms with Crippen LogP contribution in [0.15, 0.2) is 6.20 Å². The first-order valence-corrected chi connectivity index (χ1v) is 5.01. The van der Waals surface area contributed by atoms with Gasteiger partial charge >= 0.3 is 5.82 Å². The Bertz CT molecular complexity index is 340. The second-order valence-electron chi connectivity index (χ2n) is 3.11. The van der Waals surface area contributed by atoms with Crippen molar-refractivity contribution in [2.24, 2.45) is 0 Å². The summed E-state index contributed by atoms with van der Waals surface area (Å²) < 4.78 is 1.46. The number of nitro groups is 1. The lowest BCUT2D eigenvalue weighted by Crippen LogP contribution is -2.00. The number of nitrogens with zero attached hydrogens (tertiary/aromatic N) is 3. The molecule has 0 atom stereocenters. The topological polar surface area (TPSA) is 81.2 Å². The van der Waals surface area contributed by atoms with Crippen LogP contribution in [0.5, 0.6) is 0 Å². The monoisotopic (exact) mass is 233 g/mol. The minimum atomic E-state index is -0.605. The molecule has 0 spiro atoms. The molecule has 0 bridgehead atoms. The average molecular weight is 234 g/mol. The molecule has 0 aromatic carbocycles. The van der Waals surface area contributed by atoms with E-state index in [0.717, 1.165) is 19.3 Å². The van der Waals surface area contributed by atoms with Crippen molar-refractivity contribution in [3.05, 3.63) is 21.3 Å². The summed E-state index contributed by atoms with van der Waals surface area (Å²) in [7, 11) is 0. The van der Waals surface area contributed by atoms with Crippen LogP contribution < -0.4 is 0 Å². The van der Waals surface area contributed by atoms with Crippen molar-refractivity contribution in [3.63, 3.8) is 0 Å². The number of hydrogen-bond donors (Lipinski definition) is 1. The molecule has 0 saturated carbocycles. The highest BCUT2D eigenvalue weighted by molar-refractivity contribution is 6.32. The molecule has 1 rings (SSSR count). The van der Waals surface area contributed by atoms with Crippen molar-refractivity contribution in [2.45, 2.75) is 25.8 Å². The van der Waals surface area contributed by atoms with Gasteiger partial charge in [0.2, 0.25) is 0 Å². The molecule has 1 heterocycles. The number of halogens is 1. The van der Waals surface area contributed by atoms with Gasteiger partial charge in [0.05, 0.1) is 17.8 Å². The van der Waals surface area contributed by atoms with Crippen molar-refractivity contribution < 1.29 is 10.0 Å². The lowest BCUT2D eigenvalue weighted by atomic mass is 10.2. The summed E-state index contributed by atoms with van der Waals surface area (Å²) in [5, 5.41) is 22.8. The average Bonchev–Trinajstić information content (AvgIpc) is 2.55. The second-order valence-corrected chi connectivity index (χ2v) is 3.51. The molecule has 0 aliphatic rings. The van der Waals surface area contributed by atoms with Gasteiger partial charge in [0.1, 0.15) is 0 Å². The molecule has 84 valence electrons. The Kier molecular flexibility index (Phi) is 4.51. The standard InChI is InChI=1S/C8H12ClN3O3/c9-7-6-11(4-2-1-3-5-13)10-8(7)12(14)15/h6,13H,1-5H2. The summed E-state index contributed by atoms with van der Waals surface area (Å²) in [4.78, 5) is 9.82. The van der Waals surface area contributed by atoms with Crippen LogP contribution in [0, 0.1) is 10.1 Å². The fourth-order valence-corrected chi connectivity index (χ4v) is 1.41. The third-order valence-electron chi connectivity index (χ3n) is 1.92. The highest BCUT2D eigenvalue weighted by Gasteiger charge is 2.18. The van der Waals surface area contributed by atoms with Gasteiger partial charge in [-0.15, -0.1) is 0 Å². The third-order valence-corrected chi connectivity index (χ3v) is 2.18. The molecule has 1 aromatic rings. The highest BCUT2D eigenvalue weighted by Crippen LogP contribution is 2.21. The number of rotatable bonds is 6. The van der Waals surface area contributed by atoms with Crippen molar-refractivity contribution in [1.82, 2.24) is 9.78 Å². The van der Waals surface area contributed by atoms with E-state index in [4.69, 9.17) is 16.7 Å². The predicted octanol–water partition coefficient (Wildman–Crippen LogP) is 1.61. The molecule has 0 radical (unpaired) electrons. The van der Waals surface area contributed by atoms with Crippen molar-refractivity contribution in [2.75, 3.05) is 6.61 Å². The van der Waals surface area contributed by atoms with Gasteiger partial charge in [-0.1, -0.05) is 11.6 Å². The number of aryl methyl sites for hydroxylation is 1. The van der Waals surface area contributed by atoms with Gasteiger partial charge in [-0.25, -0.2) is 0 Å². The number of unbranched alkanes of at least 4 members (excludes halogenated alkanes) is 2.